The van der Waals surface area contributed by atoms with Crippen LogP contribution in [0.15, 0.2) is 0 Å². The molecule has 0 rings (SSSR count). The van der Waals surface area contributed by atoms with Gasteiger partial charge in [0.15, 0.2) is 11.6 Å². The van der Waals surface area contributed by atoms with Crippen molar-refractivity contribution in [1.29, 1.82) is 0 Å². The average molecular weight is 273 g/mol. The molecule has 7 heteroatoms. The predicted octanol–water partition coefficient (Wildman–Crippen LogP) is 0.596. The van der Waals surface area contributed by atoms with E-state index in [9.17, 15) is 8.78 Å². The third kappa shape index (κ3) is 5.67. The molecule has 0 spiro atoms. The SMILES string of the molecule is CCNC(F)(CS)CN[C@@](F)(CS)CNC. The van der Waals surface area contributed by atoms with E-state index in [1.807, 2.05) is 0 Å². The summed E-state index contributed by atoms with van der Waals surface area (Å²) in [7, 11) is 1.63. The van der Waals surface area contributed by atoms with E-state index in [2.05, 4.69) is 41.2 Å². The Morgan fingerprint density at radius 2 is 1.50 bits per heavy atom. The van der Waals surface area contributed by atoms with Gasteiger partial charge in [0.25, 0.3) is 0 Å². The summed E-state index contributed by atoms with van der Waals surface area (Å²) in [6, 6.07) is 0. The van der Waals surface area contributed by atoms with Crippen LogP contribution in [0.25, 0.3) is 0 Å². The number of halogens is 2. The third-order valence-electron chi connectivity index (χ3n) is 2.14. The summed E-state index contributed by atoms with van der Waals surface area (Å²) in [6.07, 6.45) is 0. The van der Waals surface area contributed by atoms with Gasteiger partial charge in [0.2, 0.25) is 0 Å². The van der Waals surface area contributed by atoms with Gasteiger partial charge in [0, 0.05) is 24.6 Å². The van der Waals surface area contributed by atoms with Crippen LogP contribution in [0.5, 0.6) is 0 Å². The maximum atomic E-state index is 14.0. The van der Waals surface area contributed by atoms with Gasteiger partial charge in [-0.25, -0.2) is 8.78 Å². The van der Waals surface area contributed by atoms with E-state index in [1.165, 1.54) is 0 Å². The van der Waals surface area contributed by atoms with Crippen LogP contribution in [0.4, 0.5) is 8.78 Å². The number of nitrogens with one attached hydrogen (secondary N) is 3. The zero-order valence-electron chi connectivity index (χ0n) is 9.69. The normalized spacial score (nSPS) is 19.1. The molecule has 0 aromatic carbocycles. The van der Waals surface area contributed by atoms with Crippen LogP contribution in [0, 0.1) is 0 Å². The summed E-state index contributed by atoms with van der Waals surface area (Å²) in [5.41, 5.74) is 0. The molecule has 3 nitrogen and oxygen atoms in total. The first kappa shape index (κ1) is 16.4. The van der Waals surface area contributed by atoms with E-state index < -0.39 is 11.6 Å². The highest BCUT2D eigenvalue weighted by atomic mass is 32.1. The number of thiol groups is 2. The molecule has 3 N–H and O–H groups in total. The van der Waals surface area contributed by atoms with Gasteiger partial charge in [-0.2, -0.15) is 25.3 Å². The fourth-order valence-electron chi connectivity index (χ4n) is 1.24. The number of alkyl halides is 2. The first-order valence-electron chi connectivity index (χ1n) is 5.19. The second kappa shape index (κ2) is 7.71. The maximum absolute atomic E-state index is 14.0. The minimum absolute atomic E-state index is 0.0178. The minimum Gasteiger partial charge on any atom is -0.315 e. The Balaban J connectivity index is 4.26. The standard InChI is InChI=1S/C9H21F2N3S2/c1-3-13-9(11,7-16)5-14-8(10,6-15)4-12-2/h12-16H,3-7H2,1-2H3/t8-,9?/m1/s1. The lowest BCUT2D eigenvalue weighted by Gasteiger charge is -2.31. The lowest BCUT2D eigenvalue weighted by Crippen LogP contribution is -2.58. The molecule has 0 amide bonds. The Bertz CT molecular complexity index is 180. The van der Waals surface area contributed by atoms with Crippen molar-refractivity contribution in [3.05, 3.63) is 0 Å². The molecule has 0 aromatic heterocycles. The summed E-state index contributed by atoms with van der Waals surface area (Å²) in [5.74, 6) is -3.46. The van der Waals surface area contributed by atoms with E-state index in [1.54, 1.807) is 14.0 Å². The van der Waals surface area contributed by atoms with E-state index in [-0.39, 0.29) is 24.6 Å². The smallest absolute Gasteiger partial charge is 0.183 e. The zero-order chi connectivity index (χ0) is 12.7. The molecule has 0 heterocycles. The van der Waals surface area contributed by atoms with Crippen molar-refractivity contribution in [1.82, 2.24) is 16.0 Å². The van der Waals surface area contributed by atoms with Crippen LogP contribution >= 0.6 is 25.3 Å². The fraction of sp³-hybridized carbons (Fsp3) is 1.00. The Hall–Kier alpha value is 0.440. The number of likely N-dealkylation sites (N-methyl/N-ethyl adjacent to an activating group) is 2. The molecule has 0 fully saturated rings. The van der Waals surface area contributed by atoms with Gasteiger partial charge < -0.3 is 5.32 Å². The molecule has 16 heavy (non-hydrogen) atoms. The number of hydrogen-bond acceptors (Lipinski definition) is 5. The van der Waals surface area contributed by atoms with Crippen molar-refractivity contribution >= 4 is 25.3 Å². The Labute approximate surface area is 107 Å². The van der Waals surface area contributed by atoms with Gasteiger partial charge in [0.1, 0.15) is 0 Å². The van der Waals surface area contributed by atoms with Crippen LogP contribution in [-0.2, 0) is 0 Å². The average Bonchev–Trinajstić information content (AvgIpc) is 2.27. The van der Waals surface area contributed by atoms with Crippen LogP contribution in [-0.4, -0.2) is 49.8 Å². The van der Waals surface area contributed by atoms with Gasteiger partial charge in [-0.15, -0.1) is 0 Å². The lowest BCUT2D eigenvalue weighted by atomic mass is 10.2. The summed E-state index contributed by atoms with van der Waals surface area (Å²) in [4.78, 5) is 0. The van der Waals surface area contributed by atoms with Gasteiger partial charge in [-0.3, -0.25) is 10.6 Å². The second-order valence-electron chi connectivity index (χ2n) is 3.66. The molecule has 0 aliphatic rings. The van der Waals surface area contributed by atoms with Crippen molar-refractivity contribution in [2.24, 2.45) is 0 Å². The third-order valence-corrected chi connectivity index (χ3v) is 3.14. The molecule has 98 valence electrons. The Morgan fingerprint density at radius 3 is 1.88 bits per heavy atom. The van der Waals surface area contributed by atoms with Crippen LogP contribution in [0.3, 0.4) is 0 Å². The van der Waals surface area contributed by atoms with E-state index in [0.29, 0.717) is 6.54 Å². The highest BCUT2D eigenvalue weighted by molar-refractivity contribution is 7.80. The summed E-state index contributed by atoms with van der Waals surface area (Å²) < 4.78 is 27.9. The van der Waals surface area contributed by atoms with Gasteiger partial charge in [0.05, 0.1) is 0 Å². The number of rotatable bonds is 9. The Kier molecular flexibility index (Phi) is 7.92. The molecule has 0 bridgehead atoms. The molecule has 0 saturated heterocycles. The molecule has 0 aromatic rings. The highest BCUT2D eigenvalue weighted by Gasteiger charge is 2.33. The quantitative estimate of drug-likeness (QED) is 0.315. The van der Waals surface area contributed by atoms with Gasteiger partial charge in [-0.05, 0) is 13.6 Å². The molecule has 0 aliphatic carbocycles. The van der Waals surface area contributed by atoms with Crippen LogP contribution in [0.1, 0.15) is 6.92 Å². The van der Waals surface area contributed by atoms with E-state index in [0.717, 1.165) is 0 Å². The summed E-state index contributed by atoms with van der Waals surface area (Å²) in [5, 5.41) is 7.86. The molecule has 2 atom stereocenters. The van der Waals surface area contributed by atoms with Crippen molar-refractivity contribution in [2.45, 2.75) is 18.5 Å². The molecular formula is C9H21F2N3S2. The largest absolute Gasteiger partial charge is 0.315 e. The van der Waals surface area contributed by atoms with Crippen LogP contribution in [0.2, 0.25) is 0 Å². The van der Waals surface area contributed by atoms with Crippen molar-refractivity contribution in [3.8, 4) is 0 Å². The fourth-order valence-corrected chi connectivity index (χ4v) is 1.69. The topological polar surface area (TPSA) is 36.1 Å². The first-order valence-corrected chi connectivity index (χ1v) is 6.46. The monoisotopic (exact) mass is 273 g/mol. The molecule has 1 unspecified atom stereocenters. The predicted molar refractivity (Wildman–Crippen MR) is 71.0 cm³/mol. The van der Waals surface area contributed by atoms with Gasteiger partial charge in [-0.1, -0.05) is 6.92 Å². The Morgan fingerprint density at radius 1 is 1.00 bits per heavy atom. The molecule has 0 saturated carbocycles. The summed E-state index contributed by atoms with van der Waals surface area (Å²) >= 11 is 7.82. The lowest BCUT2D eigenvalue weighted by molar-refractivity contribution is 0.0831. The van der Waals surface area contributed by atoms with E-state index in [4.69, 9.17) is 0 Å². The van der Waals surface area contributed by atoms with Crippen molar-refractivity contribution in [3.63, 3.8) is 0 Å². The van der Waals surface area contributed by atoms with Crippen LogP contribution < -0.4 is 16.0 Å². The zero-order valence-corrected chi connectivity index (χ0v) is 11.5. The van der Waals surface area contributed by atoms with Crippen molar-refractivity contribution in [2.75, 3.05) is 38.2 Å². The maximum Gasteiger partial charge on any atom is 0.183 e. The highest BCUT2D eigenvalue weighted by Crippen LogP contribution is 2.13. The number of hydrogen-bond donors (Lipinski definition) is 5. The molecule has 0 aliphatic heterocycles. The van der Waals surface area contributed by atoms with E-state index >= 15 is 0 Å². The summed E-state index contributed by atoms with van der Waals surface area (Å²) in [6.45, 7) is 2.17. The first-order chi connectivity index (χ1) is 7.45. The molecular weight excluding hydrogens is 252 g/mol. The second-order valence-corrected chi connectivity index (χ2v) is 4.29. The minimum atomic E-state index is -1.71. The van der Waals surface area contributed by atoms with Gasteiger partial charge >= 0.3 is 0 Å². The molecule has 0 radical (unpaired) electrons. The van der Waals surface area contributed by atoms with Crippen molar-refractivity contribution < 1.29 is 8.78 Å².